The number of hydrogen-bond donors (Lipinski definition) is 0. The Bertz CT molecular complexity index is 3460. The van der Waals surface area contributed by atoms with E-state index in [4.69, 9.17) is 14.4 Å². The average molecular weight is 677 g/mol. The lowest BCUT2D eigenvalue weighted by atomic mass is 10.0. The maximum atomic E-state index is 6.52. The zero-order chi connectivity index (χ0) is 34.6. The first-order valence-corrected chi connectivity index (χ1v) is 17.9. The minimum absolute atomic E-state index is 0.617. The molecule has 0 amide bonds. The Morgan fingerprint density at radius 2 is 1.13 bits per heavy atom. The van der Waals surface area contributed by atoms with Crippen molar-refractivity contribution in [1.29, 1.82) is 0 Å². The average Bonchev–Trinajstić information content (AvgIpc) is 3.88. The topological polar surface area (TPSA) is 48.8 Å². The molecule has 0 fully saturated rings. The highest BCUT2D eigenvalue weighted by atomic mass is 16.3. The van der Waals surface area contributed by atoms with Gasteiger partial charge < -0.3 is 8.98 Å². The third-order valence-corrected chi connectivity index (χ3v) is 10.9. The van der Waals surface area contributed by atoms with E-state index in [0.29, 0.717) is 5.95 Å². The van der Waals surface area contributed by atoms with E-state index in [0.717, 1.165) is 82.6 Å². The Hall–Kier alpha value is -7.24. The molecule has 0 unspecified atom stereocenters. The highest BCUT2D eigenvalue weighted by molar-refractivity contribution is 6.31. The molecule has 0 aliphatic heterocycles. The fourth-order valence-corrected chi connectivity index (χ4v) is 8.63. The standard InChI is InChI=1S/C48H28N4O/c1-2-14-32(15-3-1)51-39-20-10-7-16-33(39)34-24-26-40-43(46(34)51)37-25-27-42-44(36-18-8-11-21-41(36)53-42)47(37)52(40)48-49-38-19-9-6-17-35(38)45(50-48)31-23-22-29-12-4-5-13-30(29)28-31/h1-28H. The largest absolute Gasteiger partial charge is 0.456 e. The Morgan fingerprint density at radius 3 is 2.04 bits per heavy atom. The van der Waals surface area contributed by atoms with Crippen LogP contribution in [0.1, 0.15) is 0 Å². The van der Waals surface area contributed by atoms with Crippen molar-refractivity contribution in [2.24, 2.45) is 0 Å². The van der Waals surface area contributed by atoms with Crippen molar-refractivity contribution in [2.45, 2.75) is 0 Å². The van der Waals surface area contributed by atoms with Gasteiger partial charge in [-0.3, -0.25) is 4.57 Å². The number of nitrogens with zero attached hydrogens (tertiary/aromatic N) is 4. The lowest BCUT2D eigenvalue weighted by Gasteiger charge is -2.13. The lowest BCUT2D eigenvalue weighted by Crippen LogP contribution is -2.03. The molecular formula is C48H28N4O. The van der Waals surface area contributed by atoms with Crippen LogP contribution >= 0.6 is 0 Å². The molecule has 5 nitrogen and oxygen atoms in total. The first kappa shape index (κ1) is 28.5. The molecule has 0 atom stereocenters. The van der Waals surface area contributed by atoms with Crippen LogP contribution in [0.3, 0.4) is 0 Å². The second kappa shape index (κ2) is 10.6. The monoisotopic (exact) mass is 676 g/mol. The minimum Gasteiger partial charge on any atom is -0.456 e. The third kappa shape index (κ3) is 3.96. The smallest absolute Gasteiger partial charge is 0.235 e. The normalized spacial score (nSPS) is 12.2. The van der Waals surface area contributed by atoms with Crippen molar-refractivity contribution in [3.05, 3.63) is 170 Å². The number of benzene rings is 8. The zero-order valence-electron chi connectivity index (χ0n) is 28.4. The molecule has 8 aromatic carbocycles. The summed E-state index contributed by atoms with van der Waals surface area (Å²) in [5, 5.41) is 10.2. The molecule has 4 heterocycles. The van der Waals surface area contributed by atoms with E-state index in [1.54, 1.807) is 0 Å². The molecule has 0 radical (unpaired) electrons. The first-order valence-electron chi connectivity index (χ1n) is 17.9. The first-order chi connectivity index (χ1) is 26.3. The minimum atomic E-state index is 0.617. The second-order valence-electron chi connectivity index (χ2n) is 13.8. The third-order valence-electron chi connectivity index (χ3n) is 10.9. The molecule has 0 bridgehead atoms. The van der Waals surface area contributed by atoms with Gasteiger partial charge in [0.25, 0.3) is 0 Å². The molecule has 0 aliphatic carbocycles. The summed E-state index contributed by atoms with van der Waals surface area (Å²) < 4.78 is 11.2. The number of aromatic nitrogens is 4. The number of fused-ring (bicyclic) bond motifs is 13. The van der Waals surface area contributed by atoms with Gasteiger partial charge in [0.15, 0.2) is 0 Å². The van der Waals surface area contributed by atoms with E-state index in [1.165, 1.54) is 21.5 Å². The Labute approximate surface area is 302 Å². The molecule has 246 valence electrons. The fraction of sp³-hybridized carbons (Fsp3) is 0. The van der Waals surface area contributed by atoms with E-state index < -0.39 is 0 Å². The molecule has 12 rings (SSSR count). The van der Waals surface area contributed by atoms with Gasteiger partial charge in [-0.25, -0.2) is 9.97 Å². The van der Waals surface area contributed by atoms with Crippen LogP contribution in [0.2, 0.25) is 0 Å². The van der Waals surface area contributed by atoms with E-state index in [-0.39, 0.29) is 0 Å². The lowest BCUT2D eigenvalue weighted by molar-refractivity contribution is 0.669. The summed E-state index contributed by atoms with van der Waals surface area (Å²) in [5.74, 6) is 0.617. The van der Waals surface area contributed by atoms with Crippen molar-refractivity contribution < 1.29 is 4.42 Å². The van der Waals surface area contributed by atoms with Crippen LogP contribution in [-0.4, -0.2) is 19.1 Å². The molecule has 12 aromatic rings. The van der Waals surface area contributed by atoms with Crippen LogP contribution in [0.4, 0.5) is 0 Å². The molecule has 53 heavy (non-hydrogen) atoms. The Morgan fingerprint density at radius 1 is 0.415 bits per heavy atom. The van der Waals surface area contributed by atoms with E-state index in [9.17, 15) is 0 Å². The molecule has 5 heteroatoms. The van der Waals surface area contributed by atoms with Gasteiger partial charge in [0.1, 0.15) is 11.2 Å². The summed E-state index contributed by atoms with van der Waals surface area (Å²) in [4.78, 5) is 10.9. The van der Waals surface area contributed by atoms with Crippen LogP contribution in [0.15, 0.2) is 174 Å². The van der Waals surface area contributed by atoms with Crippen molar-refractivity contribution in [1.82, 2.24) is 19.1 Å². The number of para-hydroxylation sites is 4. The predicted octanol–water partition coefficient (Wildman–Crippen LogP) is 12.5. The summed E-state index contributed by atoms with van der Waals surface area (Å²) >= 11 is 0. The van der Waals surface area contributed by atoms with E-state index in [2.05, 4.69) is 167 Å². The van der Waals surface area contributed by atoms with Gasteiger partial charge in [0.2, 0.25) is 5.95 Å². The number of rotatable bonds is 3. The van der Waals surface area contributed by atoms with Crippen molar-refractivity contribution in [2.75, 3.05) is 0 Å². The molecule has 0 spiro atoms. The highest BCUT2D eigenvalue weighted by Gasteiger charge is 2.25. The molecule has 0 aliphatic rings. The summed E-state index contributed by atoms with van der Waals surface area (Å²) in [7, 11) is 0. The summed E-state index contributed by atoms with van der Waals surface area (Å²) in [5.41, 5.74) is 10.0. The van der Waals surface area contributed by atoms with Crippen molar-refractivity contribution in [3.8, 4) is 22.9 Å². The predicted molar refractivity (Wildman–Crippen MR) is 218 cm³/mol. The van der Waals surface area contributed by atoms with Crippen LogP contribution < -0.4 is 0 Å². The summed E-state index contributed by atoms with van der Waals surface area (Å²) in [6.45, 7) is 0. The van der Waals surface area contributed by atoms with Crippen LogP contribution in [0.5, 0.6) is 0 Å². The van der Waals surface area contributed by atoms with Crippen LogP contribution in [-0.2, 0) is 0 Å². The Kier molecular flexibility index (Phi) is 5.71. The molecule has 4 aromatic heterocycles. The number of hydrogen-bond acceptors (Lipinski definition) is 3. The maximum absolute atomic E-state index is 6.52. The van der Waals surface area contributed by atoms with Crippen molar-refractivity contribution in [3.63, 3.8) is 0 Å². The SMILES string of the molecule is c1ccc(-n2c3ccccc3c3ccc4c(c5ccc6oc7ccccc7c6c5n4-c4nc(-c5ccc6ccccc6c5)c5ccccc5n4)c32)cc1. The van der Waals surface area contributed by atoms with Gasteiger partial charge >= 0.3 is 0 Å². The van der Waals surface area contributed by atoms with Gasteiger partial charge in [-0.2, -0.15) is 0 Å². The summed E-state index contributed by atoms with van der Waals surface area (Å²) in [6.07, 6.45) is 0. The summed E-state index contributed by atoms with van der Waals surface area (Å²) in [6, 6.07) is 60.0. The van der Waals surface area contributed by atoms with Crippen LogP contribution in [0.25, 0.3) is 110 Å². The van der Waals surface area contributed by atoms with Gasteiger partial charge in [-0.15, -0.1) is 0 Å². The van der Waals surface area contributed by atoms with E-state index in [1.807, 2.05) is 12.1 Å². The van der Waals surface area contributed by atoms with Gasteiger partial charge in [0.05, 0.1) is 38.7 Å². The second-order valence-corrected chi connectivity index (χ2v) is 13.8. The zero-order valence-corrected chi connectivity index (χ0v) is 28.4. The molecule has 0 N–H and O–H groups in total. The van der Waals surface area contributed by atoms with Gasteiger partial charge in [0, 0.05) is 43.6 Å². The maximum Gasteiger partial charge on any atom is 0.235 e. The van der Waals surface area contributed by atoms with Gasteiger partial charge in [-0.05, 0) is 65.4 Å². The quantitative estimate of drug-likeness (QED) is 0.187. The van der Waals surface area contributed by atoms with Crippen LogP contribution in [0, 0.1) is 0 Å². The van der Waals surface area contributed by atoms with E-state index >= 15 is 0 Å². The molecular weight excluding hydrogens is 649 g/mol. The molecule has 0 saturated carbocycles. The fourth-order valence-electron chi connectivity index (χ4n) is 8.63. The highest BCUT2D eigenvalue weighted by Crippen LogP contribution is 2.45. The van der Waals surface area contributed by atoms with Crippen molar-refractivity contribution >= 4 is 87.2 Å². The number of furan rings is 1. The van der Waals surface area contributed by atoms with Gasteiger partial charge in [-0.1, -0.05) is 115 Å². The molecule has 0 saturated heterocycles. The Balaban J connectivity index is 1.29.